The van der Waals surface area contributed by atoms with Crippen molar-refractivity contribution in [2.45, 2.75) is 40.7 Å². The molecule has 0 bridgehead atoms. The van der Waals surface area contributed by atoms with E-state index in [0.717, 1.165) is 32.7 Å². The molecule has 0 fully saturated rings. The monoisotopic (exact) mass is 252 g/mol. The molecule has 0 radical (unpaired) electrons. The highest BCUT2D eigenvalue weighted by atomic mass is 16.5. The summed E-state index contributed by atoms with van der Waals surface area (Å²) in [6.07, 6.45) is 1.08. The third-order valence-corrected chi connectivity index (χ3v) is 3.29. The molecule has 0 unspecified atom stereocenters. The smallest absolute Gasteiger partial charge is 0.0489 e. The van der Waals surface area contributed by atoms with E-state index in [1.165, 1.54) is 17.0 Å². The molecule has 0 amide bonds. The van der Waals surface area contributed by atoms with Gasteiger partial charge < -0.3 is 14.6 Å². The van der Waals surface area contributed by atoms with Gasteiger partial charge in [0, 0.05) is 38.2 Å². The van der Waals surface area contributed by atoms with Gasteiger partial charge in [0.05, 0.1) is 0 Å². The molecule has 0 aliphatic heterocycles. The fourth-order valence-electron chi connectivity index (χ4n) is 1.95. The lowest BCUT2D eigenvalue weighted by Gasteiger charge is -2.08. The average molecular weight is 252 g/mol. The molecule has 18 heavy (non-hydrogen) atoms. The Labute approximate surface area is 112 Å². The van der Waals surface area contributed by atoms with Crippen molar-refractivity contribution in [3.05, 3.63) is 23.0 Å². The third kappa shape index (κ3) is 4.83. The maximum absolute atomic E-state index is 5.55. The van der Waals surface area contributed by atoms with Gasteiger partial charge in [-0.05, 0) is 44.4 Å². The molecule has 0 aliphatic carbocycles. The first-order valence-electron chi connectivity index (χ1n) is 6.92. The van der Waals surface area contributed by atoms with Crippen molar-refractivity contribution in [1.82, 2.24) is 9.88 Å². The topological polar surface area (TPSA) is 26.2 Å². The lowest BCUT2D eigenvalue weighted by atomic mass is 10.2. The summed E-state index contributed by atoms with van der Waals surface area (Å²) in [5.74, 6) is 0.632. The van der Waals surface area contributed by atoms with Gasteiger partial charge >= 0.3 is 0 Å². The zero-order chi connectivity index (χ0) is 13.5. The number of hydrogen-bond acceptors (Lipinski definition) is 2. The molecule has 0 saturated heterocycles. The van der Waals surface area contributed by atoms with Gasteiger partial charge in [-0.15, -0.1) is 0 Å². The zero-order valence-corrected chi connectivity index (χ0v) is 12.5. The van der Waals surface area contributed by atoms with Crippen molar-refractivity contribution >= 4 is 0 Å². The highest BCUT2D eigenvalue weighted by Gasteiger charge is 2.04. The normalized spacial score (nSPS) is 11.4. The van der Waals surface area contributed by atoms with Crippen LogP contribution >= 0.6 is 0 Å². The molecule has 0 aromatic carbocycles. The zero-order valence-electron chi connectivity index (χ0n) is 12.5. The minimum atomic E-state index is 0.632. The van der Waals surface area contributed by atoms with Crippen LogP contribution in [0.4, 0.5) is 0 Å². The summed E-state index contributed by atoms with van der Waals surface area (Å²) in [5.41, 5.74) is 4.08. The van der Waals surface area contributed by atoms with E-state index in [0.29, 0.717) is 5.92 Å². The highest BCUT2D eigenvalue weighted by Crippen LogP contribution is 2.12. The lowest BCUT2D eigenvalue weighted by molar-refractivity contribution is 0.108. The largest absolute Gasteiger partial charge is 0.381 e. The van der Waals surface area contributed by atoms with Crippen LogP contribution < -0.4 is 5.32 Å². The molecule has 0 spiro atoms. The number of nitrogens with one attached hydrogen (secondary N) is 1. The molecule has 1 heterocycles. The number of nitrogens with zero attached hydrogens (tertiary/aromatic N) is 1. The minimum absolute atomic E-state index is 0.632. The second kappa shape index (κ2) is 7.59. The van der Waals surface area contributed by atoms with Crippen LogP contribution in [0.5, 0.6) is 0 Å². The summed E-state index contributed by atoms with van der Waals surface area (Å²) in [6.45, 7) is 12.4. The Hall–Kier alpha value is -0.800. The maximum atomic E-state index is 5.55. The van der Waals surface area contributed by atoms with Gasteiger partial charge in [-0.1, -0.05) is 13.8 Å². The molecule has 0 aliphatic rings. The summed E-state index contributed by atoms with van der Waals surface area (Å²) >= 11 is 0. The van der Waals surface area contributed by atoms with Crippen LogP contribution in [0, 0.1) is 19.8 Å². The number of aryl methyl sites for hydroxylation is 1. The van der Waals surface area contributed by atoms with Crippen molar-refractivity contribution in [1.29, 1.82) is 0 Å². The summed E-state index contributed by atoms with van der Waals surface area (Å²) in [6, 6.07) is 2.26. The summed E-state index contributed by atoms with van der Waals surface area (Å²) in [5, 5.41) is 3.48. The van der Waals surface area contributed by atoms with E-state index in [-0.39, 0.29) is 0 Å². The Balaban J connectivity index is 2.13. The van der Waals surface area contributed by atoms with Crippen molar-refractivity contribution in [3.8, 4) is 0 Å². The van der Waals surface area contributed by atoms with Gasteiger partial charge in [0.15, 0.2) is 0 Å². The molecule has 3 heteroatoms. The second-order valence-corrected chi connectivity index (χ2v) is 5.45. The summed E-state index contributed by atoms with van der Waals surface area (Å²) in [4.78, 5) is 0. The van der Waals surface area contributed by atoms with E-state index in [9.17, 15) is 0 Å². The van der Waals surface area contributed by atoms with E-state index in [2.05, 4.69) is 50.7 Å². The maximum Gasteiger partial charge on any atom is 0.0489 e. The van der Waals surface area contributed by atoms with Crippen LogP contribution in [0.15, 0.2) is 6.07 Å². The molecule has 0 saturated carbocycles. The molecular formula is C15H28N2O. The van der Waals surface area contributed by atoms with E-state index < -0.39 is 0 Å². The molecule has 1 N–H and O–H groups in total. The molecule has 1 aromatic heterocycles. The first-order valence-corrected chi connectivity index (χ1v) is 6.92. The Kier molecular flexibility index (Phi) is 6.44. The Bertz CT molecular complexity index is 356. The van der Waals surface area contributed by atoms with Crippen LogP contribution in [-0.2, 0) is 18.3 Å². The molecule has 3 nitrogen and oxygen atoms in total. The van der Waals surface area contributed by atoms with Crippen molar-refractivity contribution in [2.24, 2.45) is 13.0 Å². The lowest BCUT2D eigenvalue weighted by Crippen LogP contribution is -2.17. The summed E-state index contributed by atoms with van der Waals surface area (Å²) < 4.78 is 7.79. The van der Waals surface area contributed by atoms with Crippen LogP contribution in [0.2, 0.25) is 0 Å². The molecule has 1 aromatic rings. The van der Waals surface area contributed by atoms with Crippen LogP contribution in [0.1, 0.15) is 37.2 Å². The van der Waals surface area contributed by atoms with Gasteiger partial charge in [-0.2, -0.15) is 0 Å². The standard InChI is InChI=1S/C15H28N2O/c1-12(2)11-18-8-6-7-16-10-15-9-13(3)17(5)14(15)4/h9,12,16H,6-8,10-11H2,1-5H3. The predicted molar refractivity (Wildman–Crippen MR) is 76.9 cm³/mol. The Morgan fingerprint density at radius 1 is 1.33 bits per heavy atom. The Morgan fingerprint density at radius 3 is 2.61 bits per heavy atom. The number of hydrogen-bond donors (Lipinski definition) is 1. The van der Waals surface area contributed by atoms with Crippen molar-refractivity contribution in [3.63, 3.8) is 0 Å². The van der Waals surface area contributed by atoms with Crippen LogP contribution in [0.25, 0.3) is 0 Å². The van der Waals surface area contributed by atoms with E-state index in [1.54, 1.807) is 0 Å². The molecule has 104 valence electrons. The van der Waals surface area contributed by atoms with Crippen LogP contribution in [0.3, 0.4) is 0 Å². The number of rotatable bonds is 8. The highest BCUT2D eigenvalue weighted by molar-refractivity contribution is 5.26. The number of aromatic nitrogens is 1. The third-order valence-electron chi connectivity index (χ3n) is 3.29. The van der Waals surface area contributed by atoms with Crippen LogP contribution in [-0.4, -0.2) is 24.3 Å². The second-order valence-electron chi connectivity index (χ2n) is 5.45. The van der Waals surface area contributed by atoms with E-state index in [1.807, 2.05) is 0 Å². The average Bonchev–Trinajstić information content (AvgIpc) is 2.55. The fourth-order valence-corrected chi connectivity index (χ4v) is 1.95. The Morgan fingerprint density at radius 2 is 2.06 bits per heavy atom. The first-order chi connectivity index (χ1) is 8.52. The first kappa shape index (κ1) is 15.3. The minimum Gasteiger partial charge on any atom is -0.381 e. The van der Waals surface area contributed by atoms with E-state index >= 15 is 0 Å². The van der Waals surface area contributed by atoms with Crippen molar-refractivity contribution < 1.29 is 4.74 Å². The SMILES string of the molecule is Cc1cc(CNCCCOCC(C)C)c(C)n1C. The molecule has 1 rings (SSSR count). The van der Waals surface area contributed by atoms with E-state index in [4.69, 9.17) is 4.74 Å². The molecular weight excluding hydrogens is 224 g/mol. The quantitative estimate of drug-likeness (QED) is 0.720. The summed E-state index contributed by atoms with van der Waals surface area (Å²) in [7, 11) is 2.12. The predicted octanol–water partition coefficient (Wildman–Crippen LogP) is 2.79. The number of ether oxygens (including phenoxy) is 1. The fraction of sp³-hybridized carbons (Fsp3) is 0.733. The van der Waals surface area contributed by atoms with Gasteiger partial charge in [-0.3, -0.25) is 0 Å². The van der Waals surface area contributed by atoms with Crippen molar-refractivity contribution in [2.75, 3.05) is 19.8 Å². The van der Waals surface area contributed by atoms with Gasteiger partial charge in [0.2, 0.25) is 0 Å². The molecule has 0 atom stereocenters. The van der Waals surface area contributed by atoms with Gasteiger partial charge in [-0.25, -0.2) is 0 Å². The van der Waals surface area contributed by atoms with Gasteiger partial charge in [0.1, 0.15) is 0 Å². The van der Waals surface area contributed by atoms with Gasteiger partial charge in [0.25, 0.3) is 0 Å².